The molecule has 2 aromatic carbocycles. The molecule has 232 valence electrons. The molecule has 1 saturated carbocycles. The summed E-state index contributed by atoms with van der Waals surface area (Å²) >= 11 is 7.87. The Balaban J connectivity index is 1.55. The van der Waals surface area contributed by atoms with E-state index >= 15 is 0 Å². The van der Waals surface area contributed by atoms with E-state index in [0.29, 0.717) is 24.7 Å². The van der Waals surface area contributed by atoms with Gasteiger partial charge in [-0.25, -0.2) is 0 Å². The van der Waals surface area contributed by atoms with Crippen molar-refractivity contribution in [2.45, 2.75) is 76.6 Å². The maximum absolute atomic E-state index is 13.3. The minimum absolute atomic E-state index is 0.0833. The smallest absolute Gasteiger partial charge is 0.261 e. The molecule has 0 aromatic heterocycles. The average molecular weight is 625 g/mol. The van der Waals surface area contributed by atoms with Gasteiger partial charge in [0.1, 0.15) is 11.4 Å². The first-order valence-electron chi connectivity index (χ1n) is 15.8. The number of halogens is 1. The minimum atomic E-state index is -0.935. The number of carbonyl (C=O) groups excluding carboxylic acids is 2. The summed E-state index contributed by atoms with van der Waals surface area (Å²) in [5.41, 5.74) is 3.12. The van der Waals surface area contributed by atoms with Crippen molar-refractivity contribution in [2.75, 3.05) is 31.2 Å². The lowest BCUT2D eigenvalue weighted by atomic mass is 9.64. The van der Waals surface area contributed by atoms with Crippen LogP contribution in [-0.4, -0.2) is 49.3 Å². The van der Waals surface area contributed by atoms with Crippen LogP contribution in [0.3, 0.4) is 0 Å². The molecule has 1 amide bonds. The van der Waals surface area contributed by atoms with Crippen molar-refractivity contribution in [1.29, 1.82) is 0 Å². The molecule has 2 aromatic rings. The highest BCUT2D eigenvalue weighted by Gasteiger charge is 2.48. The molecule has 5 rings (SSSR count). The van der Waals surface area contributed by atoms with Gasteiger partial charge in [-0.05, 0) is 104 Å². The van der Waals surface area contributed by atoms with E-state index in [1.54, 1.807) is 0 Å². The van der Waals surface area contributed by atoms with Gasteiger partial charge in [-0.2, -0.15) is 0 Å². The Bertz CT molecular complexity index is 1330. The molecule has 2 aliphatic heterocycles. The third-order valence-corrected chi connectivity index (χ3v) is 10.9. The van der Waals surface area contributed by atoms with E-state index in [4.69, 9.17) is 21.1 Å². The van der Waals surface area contributed by atoms with Gasteiger partial charge in [-0.3, -0.25) is 14.3 Å². The first kappa shape index (κ1) is 31.9. The van der Waals surface area contributed by atoms with E-state index in [2.05, 4.69) is 48.6 Å². The number of aryl methyl sites for hydroxylation is 1. The fourth-order valence-electron chi connectivity index (χ4n) is 6.79. The zero-order valence-electron chi connectivity index (χ0n) is 25.8. The van der Waals surface area contributed by atoms with Gasteiger partial charge >= 0.3 is 0 Å². The fourth-order valence-corrected chi connectivity index (χ4v) is 7.74. The molecule has 0 saturated heterocycles. The maximum Gasteiger partial charge on any atom is 0.261 e. The second-order valence-corrected chi connectivity index (χ2v) is 14.0. The lowest BCUT2D eigenvalue weighted by Gasteiger charge is -2.48. The second-order valence-electron chi connectivity index (χ2n) is 12.4. The standard InChI is InChI=1S/C35H45ClN2O4S/c1-5-8-25-17-29(36)12-13-30(25)28-20-38-19-27-10-14-31(27)35(22-39,42-6-2)16-7-9-23(3)24(4)43-37-34(40)26-11-15-33(41-21-28)32(38)18-26/h7,11-13,15-18,22-24,27-28,31H,5-6,8-10,14,19-21H2,1-4H3,(H,37,40)/b16-7+. The predicted molar refractivity (Wildman–Crippen MR) is 176 cm³/mol. The number of hydrogen-bond acceptors (Lipinski definition) is 6. The van der Waals surface area contributed by atoms with Crippen LogP contribution in [0, 0.1) is 17.8 Å². The monoisotopic (exact) mass is 624 g/mol. The number of ether oxygens (including phenoxy) is 2. The minimum Gasteiger partial charge on any atom is -0.491 e. The highest BCUT2D eigenvalue weighted by atomic mass is 35.5. The SMILES string of the molecule is CCCc1cc(Cl)ccc1C1COc2ccc3cc2N(C1)CC1CCC1C(C=O)(OCC)/C=C/CC(C)C(C)SNC3=O. The van der Waals surface area contributed by atoms with Crippen molar-refractivity contribution in [3.63, 3.8) is 0 Å². The summed E-state index contributed by atoms with van der Waals surface area (Å²) in [6.07, 6.45) is 9.90. The summed E-state index contributed by atoms with van der Waals surface area (Å²) in [5.74, 6) is 1.44. The van der Waals surface area contributed by atoms with Gasteiger partial charge in [-0.15, -0.1) is 0 Å². The van der Waals surface area contributed by atoms with Crippen LogP contribution in [0.15, 0.2) is 48.6 Å². The number of nitrogens with zero attached hydrogens (tertiary/aromatic N) is 1. The van der Waals surface area contributed by atoms with Crippen LogP contribution < -0.4 is 14.4 Å². The molecule has 1 aliphatic carbocycles. The largest absolute Gasteiger partial charge is 0.491 e. The van der Waals surface area contributed by atoms with Gasteiger partial charge in [0, 0.05) is 47.4 Å². The lowest BCUT2D eigenvalue weighted by molar-refractivity contribution is -0.140. The zero-order chi connectivity index (χ0) is 30.6. The summed E-state index contributed by atoms with van der Waals surface area (Å²) in [5, 5.41) is 0.938. The van der Waals surface area contributed by atoms with E-state index < -0.39 is 5.60 Å². The number of carbonyl (C=O) groups is 2. The molecule has 6 unspecified atom stereocenters. The topological polar surface area (TPSA) is 67.9 Å². The molecular weight excluding hydrogens is 580 g/mol. The van der Waals surface area contributed by atoms with E-state index in [1.807, 2.05) is 37.3 Å². The van der Waals surface area contributed by atoms with Crippen LogP contribution in [-0.2, 0) is 16.0 Å². The molecule has 8 heteroatoms. The molecule has 6 atom stereocenters. The number of anilines is 1. The quantitative estimate of drug-likeness (QED) is 0.202. The molecule has 2 bridgehead atoms. The summed E-state index contributed by atoms with van der Waals surface area (Å²) in [6, 6.07) is 12.0. The van der Waals surface area contributed by atoms with E-state index in [-0.39, 0.29) is 28.9 Å². The van der Waals surface area contributed by atoms with Crippen molar-refractivity contribution >= 4 is 41.4 Å². The number of aldehydes is 1. The van der Waals surface area contributed by atoms with Crippen molar-refractivity contribution in [3.05, 3.63) is 70.3 Å². The first-order valence-corrected chi connectivity index (χ1v) is 17.1. The van der Waals surface area contributed by atoms with Crippen LogP contribution >= 0.6 is 23.5 Å². The first-order chi connectivity index (χ1) is 20.8. The third kappa shape index (κ3) is 6.94. The van der Waals surface area contributed by atoms with Crippen LogP contribution in [0.1, 0.15) is 80.8 Å². The summed E-state index contributed by atoms with van der Waals surface area (Å²) in [4.78, 5) is 28.5. The average Bonchev–Trinajstić information content (AvgIpc) is 3.16. The summed E-state index contributed by atoms with van der Waals surface area (Å²) in [7, 11) is 0. The second kappa shape index (κ2) is 14.1. The van der Waals surface area contributed by atoms with Gasteiger partial charge in [0.25, 0.3) is 5.91 Å². The fraction of sp³-hybridized carbons (Fsp3) is 0.543. The Morgan fingerprint density at radius 2 is 2.00 bits per heavy atom. The van der Waals surface area contributed by atoms with Crippen molar-refractivity contribution in [2.24, 2.45) is 17.8 Å². The number of allylic oxidation sites excluding steroid dienone is 1. The number of nitrogens with one attached hydrogen (secondary N) is 1. The molecule has 1 N–H and O–H groups in total. The molecule has 43 heavy (non-hydrogen) atoms. The normalized spacial score (nSPS) is 30.2. The lowest BCUT2D eigenvalue weighted by Crippen LogP contribution is -2.52. The van der Waals surface area contributed by atoms with Crippen molar-refractivity contribution < 1.29 is 19.1 Å². The van der Waals surface area contributed by atoms with E-state index in [1.165, 1.54) is 23.1 Å². The molecule has 1 fully saturated rings. The van der Waals surface area contributed by atoms with Gasteiger partial charge < -0.3 is 14.4 Å². The molecule has 0 radical (unpaired) electrons. The summed E-state index contributed by atoms with van der Waals surface area (Å²) in [6.45, 7) is 10.9. The van der Waals surface area contributed by atoms with E-state index in [0.717, 1.165) is 67.9 Å². The number of amides is 1. The van der Waals surface area contributed by atoms with Gasteiger partial charge in [0.2, 0.25) is 0 Å². The van der Waals surface area contributed by atoms with Crippen molar-refractivity contribution in [3.8, 4) is 5.75 Å². The van der Waals surface area contributed by atoms with Gasteiger partial charge in [-0.1, -0.05) is 50.9 Å². The molecule has 0 spiro atoms. The highest BCUT2D eigenvalue weighted by molar-refractivity contribution is 7.98. The van der Waals surface area contributed by atoms with Gasteiger partial charge in [0.05, 0.1) is 12.3 Å². The molecule has 2 heterocycles. The Morgan fingerprint density at radius 1 is 1.16 bits per heavy atom. The molecule has 6 nitrogen and oxygen atoms in total. The van der Waals surface area contributed by atoms with E-state index in [9.17, 15) is 9.59 Å². The van der Waals surface area contributed by atoms with Crippen LogP contribution in [0.4, 0.5) is 5.69 Å². The Labute approximate surface area is 266 Å². The molecule has 3 aliphatic rings. The van der Waals surface area contributed by atoms with Crippen LogP contribution in [0.2, 0.25) is 5.02 Å². The van der Waals surface area contributed by atoms with Crippen molar-refractivity contribution in [1.82, 2.24) is 4.72 Å². The number of fused-ring (bicyclic) bond motifs is 2. The Morgan fingerprint density at radius 3 is 2.72 bits per heavy atom. The van der Waals surface area contributed by atoms with Crippen LogP contribution in [0.25, 0.3) is 0 Å². The zero-order valence-corrected chi connectivity index (χ0v) is 27.4. The van der Waals surface area contributed by atoms with Gasteiger partial charge in [0.15, 0.2) is 6.29 Å². The molecular formula is C35H45ClN2O4S. The predicted octanol–water partition coefficient (Wildman–Crippen LogP) is 7.64. The number of hydrogen-bond donors (Lipinski definition) is 1. The highest BCUT2D eigenvalue weighted by Crippen LogP contribution is 2.46. The Kier molecular flexibility index (Phi) is 10.5. The Hall–Kier alpha value is -2.48. The number of rotatable bonds is 6. The van der Waals surface area contributed by atoms with Crippen LogP contribution in [0.5, 0.6) is 5.75 Å². The third-order valence-electron chi connectivity index (χ3n) is 9.56. The maximum atomic E-state index is 13.3. The number of benzene rings is 2. The summed E-state index contributed by atoms with van der Waals surface area (Å²) < 4.78 is 15.8.